The number of nitrogens with one attached hydrogen (secondary N) is 1. The lowest BCUT2D eigenvalue weighted by molar-refractivity contribution is -0.125. The van der Waals surface area contributed by atoms with Crippen LogP contribution < -0.4 is 5.32 Å². The van der Waals surface area contributed by atoms with E-state index in [1.54, 1.807) is 34.7 Å². The third kappa shape index (κ3) is 7.99. The zero-order valence-electron chi connectivity index (χ0n) is 13.6. The van der Waals surface area contributed by atoms with Gasteiger partial charge in [0.2, 0.25) is 5.91 Å². The maximum Gasteiger partial charge on any atom is 0.410 e. The number of hydrogen-bond acceptors (Lipinski definition) is 4. The molecule has 0 aliphatic rings. The first-order chi connectivity index (χ1) is 9.04. The Labute approximate surface area is 121 Å². The van der Waals surface area contributed by atoms with Crippen molar-refractivity contribution < 1.29 is 19.1 Å². The number of hydrogen-bond donors (Lipinski definition) is 1. The minimum absolute atomic E-state index is 0.133. The van der Waals surface area contributed by atoms with Crippen LogP contribution in [0.1, 0.15) is 41.5 Å². The molecule has 0 aliphatic carbocycles. The molecule has 0 heterocycles. The molecule has 0 aromatic heterocycles. The second kappa shape index (κ2) is 8.09. The fourth-order valence-electron chi connectivity index (χ4n) is 1.28. The average Bonchev–Trinajstić information content (AvgIpc) is 2.30. The van der Waals surface area contributed by atoms with Gasteiger partial charge in [-0.25, -0.2) is 4.79 Å². The number of likely N-dealkylation sites (N-methyl/N-ethyl adjacent to an activating group) is 1. The summed E-state index contributed by atoms with van der Waals surface area (Å²) in [7, 11) is 1.54. The van der Waals surface area contributed by atoms with Crippen LogP contribution in [0.3, 0.4) is 0 Å². The van der Waals surface area contributed by atoms with Crippen LogP contribution in [0, 0.1) is 0 Å². The van der Waals surface area contributed by atoms with Crippen molar-refractivity contribution in [2.45, 2.75) is 59.3 Å². The zero-order valence-corrected chi connectivity index (χ0v) is 13.6. The van der Waals surface area contributed by atoms with E-state index in [0.29, 0.717) is 13.2 Å². The van der Waals surface area contributed by atoms with Crippen LogP contribution in [0.25, 0.3) is 0 Å². The fraction of sp³-hybridized carbons (Fsp3) is 0.857. The predicted octanol–water partition coefficient (Wildman–Crippen LogP) is 1.78. The van der Waals surface area contributed by atoms with Gasteiger partial charge < -0.3 is 14.8 Å². The van der Waals surface area contributed by atoms with Crippen LogP contribution in [0.15, 0.2) is 0 Å². The highest BCUT2D eigenvalue weighted by Crippen LogP contribution is 2.10. The van der Waals surface area contributed by atoms with Crippen molar-refractivity contribution in [2.24, 2.45) is 0 Å². The van der Waals surface area contributed by atoms with Gasteiger partial charge in [0.25, 0.3) is 0 Å². The van der Waals surface area contributed by atoms with E-state index in [9.17, 15) is 9.59 Å². The van der Waals surface area contributed by atoms with Crippen molar-refractivity contribution in [1.29, 1.82) is 0 Å². The first-order valence-corrected chi connectivity index (χ1v) is 6.89. The Hall–Kier alpha value is -1.30. The van der Waals surface area contributed by atoms with E-state index in [2.05, 4.69) is 5.32 Å². The molecule has 6 heteroatoms. The topological polar surface area (TPSA) is 67.9 Å². The molecule has 0 unspecified atom stereocenters. The second-order valence-electron chi connectivity index (χ2n) is 5.98. The summed E-state index contributed by atoms with van der Waals surface area (Å²) in [6, 6.07) is -0.594. The SMILES string of the molecule is CC(C)OCCNC(=O)[C@H](C)N(C)C(=O)OC(C)(C)C. The number of nitrogens with zero attached hydrogens (tertiary/aromatic N) is 1. The van der Waals surface area contributed by atoms with Gasteiger partial charge in [-0.15, -0.1) is 0 Å². The molecule has 118 valence electrons. The lowest BCUT2D eigenvalue weighted by atomic mass is 10.2. The summed E-state index contributed by atoms with van der Waals surface area (Å²) < 4.78 is 10.5. The third-order valence-corrected chi connectivity index (χ3v) is 2.49. The standard InChI is InChI=1S/C14H28N2O4/c1-10(2)19-9-8-15-12(17)11(3)16(7)13(18)20-14(4,5)6/h10-11H,8-9H2,1-7H3,(H,15,17)/t11-/m0/s1. The summed E-state index contributed by atoms with van der Waals surface area (Å²) in [5.74, 6) is -0.231. The molecular weight excluding hydrogens is 260 g/mol. The van der Waals surface area contributed by atoms with Crippen LogP contribution in [-0.4, -0.2) is 54.8 Å². The number of ether oxygens (including phenoxy) is 2. The summed E-state index contributed by atoms with van der Waals surface area (Å²) in [4.78, 5) is 25.0. The molecule has 1 atom stereocenters. The monoisotopic (exact) mass is 288 g/mol. The summed E-state index contributed by atoms with van der Waals surface area (Å²) in [6.45, 7) is 11.7. The van der Waals surface area contributed by atoms with Crippen molar-refractivity contribution in [3.05, 3.63) is 0 Å². The second-order valence-corrected chi connectivity index (χ2v) is 5.98. The lowest BCUT2D eigenvalue weighted by Crippen LogP contribution is -2.48. The highest BCUT2D eigenvalue weighted by molar-refractivity contribution is 5.85. The van der Waals surface area contributed by atoms with Crippen LogP contribution in [-0.2, 0) is 14.3 Å². The smallest absolute Gasteiger partial charge is 0.410 e. The lowest BCUT2D eigenvalue weighted by Gasteiger charge is -2.28. The normalized spacial score (nSPS) is 13.0. The molecule has 0 aromatic carbocycles. The van der Waals surface area contributed by atoms with Crippen molar-refractivity contribution in [3.8, 4) is 0 Å². The minimum Gasteiger partial charge on any atom is -0.444 e. The number of amides is 2. The van der Waals surface area contributed by atoms with Crippen molar-refractivity contribution in [3.63, 3.8) is 0 Å². The van der Waals surface area contributed by atoms with Gasteiger partial charge >= 0.3 is 6.09 Å². The van der Waals surface area contributed by atoms with Gasteiger partial charge in [0.15, 0.2) is 0 Å². The van der Waals surface area contributed by atoms with Crippen molar-refractivity contribution >= 4 is 12.0 Å². The Balaban J connectivity index is 4.19. The predicted molar refractivity (Wildman–Crippen MR) is 77.6 cm³/mol. The molecule has 0 saturated carbocycles. The molecular formula is C14H28N2O4. The van der Waals surface area contributed by atoms with Gasteiger partial charge in [0.05, 0.1) is 12.7 Å². The Kier molecular flexibility index (Phi) is 7.57. The highest BCUT2D eigenvalue weighted by Gasteiger charge is 2.26. The molecule has 0 radical (unpaired) electrons. The maximum absolute atomic E-state index is 11.9. The van der Waals surface area contributed by atoms with E-state index in [-0.39, 0.29) is 12.0 Å². The number of carbonyl (C=O) groups excluding carboxylic acids is 2. The molecule has 0 aromatic rings. The van der Waals surface area contributed by atoms with Crippen LogP contribution in [0.4, 0.5) is 4.79 Å². The van der Waals surface area contributed by atoms with Crippen molar-refractivity contribution in [1.82, 2.24) is 10.2 Å². The molecule has 20 heavy (non-hydrogen) atoms. The van der Waals surface area contributed by atoms with E-state index >= 15 is 0 Å². The third-order valence-electron chi connectivity index (χ3n) is 2.49. The summed E-state index contributed by atoms with van der Waals surface area (Å²) >= 11 is 0. The van der Waals surface area contributed by atoms with Gasteiger partial charge in [-0.3, -0.25) is 9.69 Å². The summed E-state index contributed by atoms with van der Waals surface area (Å²) in [5, 5.41) is 2.72. The van der Waals surface area contributed by atoms with Gasteiger partial charge in [0, 0.05) is 13.6 Å². The molecule has 0 rings (SSSR count). The largest absolute Gasteiger partial charge is 0.444 e. The van der Waals surface area contributed by atoms with Gasteiger partial charge in [-0.2, -0.15) is 0 Å². The molecule has 0 fully saturated rings. The van der Waals surface area contributed by atoms with E-state index in [1.807, 2.05) is 13.8 Å². The number of carbonyl (C=O) groups is 2. The van der Waals surface area contributed by atoms with E-state index in [1.165, 1.54) is 4.90 Å². The summed E-state index contributed by atoms with van der Waals surface area (Å²) in [5.41, 5.74) is -0.577. The summed E-state index contributed by atoms with van der Waals surface area (Å²) in [6.07, 6.45) is -0.382. The molecule has 0 saturated heterocycles. The molecule has 2 amide bonds. The van der Waals surface area contributed by atoms with Crippen LogP contribution in [0.2, 0.25) is 0 Å². The first-order valence-electron chi connectivity index (χ1n) is 6.89. The van der Waals surface area contributed by atoms with E-state index < -0.39 is 17.7 Å². The average molecular weight is 288 g/mol. The maximum atomic E-state index is 11.9. The molecule has 0 bridgehead atoms. The quantitative estimate of drug-likeness (QED) is 0.757. The fourth-order valence-corrected chi connectivity index (χ4v) is 1.28. The number of rotatable bonds is 6. The molecule has 1 N–H and O–H groups in total. The Morgan fingerprint density at radius 2 is 1.75 bits per heavy atom. The Morgan fingerprint density at radius 1 is 1.20 bits per heavy atom. The Morgan fingerprint density at radius 3 is 2.20 bits per heavy atom. The van der Waals surface area contributed by atoms with E-state index in [4.69, 9.17) is 9.47 Å². The van der Waals surface area contributed by atoms with Gasteiger partial charge in [-0.1, -0.05) is 0 Å². The molecule has 0 aliphatic heterocycles. The van der Waals surface area contributed by atoms with Crippen LogP contribution in [0.5, 0.6) is 0 Å². The molecule has 0 spiro atoms. The van der Waals surface area contributed by atoms with E-state index in [0.717, 1.165) is 0 Å². The van der Waals surface area contributed by atoms with Crippen molar-refractivity contribution in [2.75, 3.05) is 20.2 Å². The Bertz CT molecular complexity index is 324. The zero-order chi connectivity index (χ0) is 15.9. The van der Waals surface area contributed by atoms with Crippen LogP contribution >= 0.6 is 0 Å². The highest BCUT2D eigenvalue weighted by atomic mass is 16.6. The van der Waals surface area contributed by atoms with Gasteiger partial charge in [0.1, 0.15) is 11.6 Å². The molecule has 6 nitrogen and oxygen atoms in total. The first kappa shape index (κ1) is 18.7. The minimum atomic E-state index is -0.594. The van der Waals surface area contributed by atoms with Gasteiger partial charge in [-0.05, 0) is 41.5 Å².